The van der Waals surface area contributed by atoms with Crippen LogP contribution in [0.25, 0.3) is 0 Å². The summed E-state index contributed by atoms with van der Waals surface area (Å²) in [5.74, 6) is -1.01. The first-order valence-corrected chi connectivity index (χ1v) is 10.4. The van der Waals surface area contributed by atoms with Crippen LogP contribution < -0.4 is 4.74 Å². The van der Waals surface area contributed by atoms with E-state index in [4.69, 9.17) is 35.3 Å². The fourth-order valence-electron chi connectivity index (χ4n) is 2.35. The highest BCUT2D eigenvalue weighted by Gasteiger charge is 2.31. The lowest BCUT2D eigenvalue weighted by molar-refractivity contribution is -0.140. The highest BCUT2D eigenvalue weighted by Crippen LogP contribution is 2.35. The lowest BCUT2D eigenvalue weighted by Gasteiger charge is -2.25. The first-order valence-electron chi connectivity index (χ1n) is 9.99. The molecule has 1 rings (SSSR count). The molecule has 1 aromatic rings. The van der Waals surface area contributed by atoms with Crippen molar-refractivity contribution in [3.8, 4) is 5.75 Å². The number of carbonyl (C=O) groups excluding carboxylic acids is 3. The lowest BCUT2D eigenvalue weighted by atomic mass is 10.0. The zero-order valence-corrected chi connectivity index (χ0v) is 19.7. The second kappa shape index (κ2) is 12.8. The number of esters is 2. The third-order valence-corrected chi connectivity index (χ3v) is 3.82. The molecule has 32 heavy (non-hydrogen) atoms. The Morgan fingerprint density at radius 3 is 2.38 bits per heavy atom. The molecule has 0 aromatic heterocycles. The Labute approximate surface area is 193 Å². The molecule has 0 radical (unpaired) electrons. The van der Waals surface area contributed by atoms with Crippen LogP contribution in [-0.2, 0) is 28.5 Å². The molecule has 176 valence electrons. The van der Waals surface area contributed by atoms with Gasteiger partial charge < -0.3 is 23.7 Å². The second-order valence-electron chi connectivity index (χ2n) is 7.36. The third-order valence-electron chi connectivity index (χ3n) is 3.59. The summed E-state index contributed by atoms with van der Waals surface area (Å²) >= 11 is 6.14. The Morgan fingerprint density at radius 1 is 1.12 bits per heavy atom. The highest BCUT2D eigenvalue weighted by atomic mass is 35.5. The molecule has 1 aromatic carbocycles. The average molecular weight is 469 g/mol. The van der Waals surface area contributed by atoms with Crippen molar-refractivity contribution >= 4 is 29.7 Å². The average Bonchev–Trinajstić information content (AvgIpc) is 2.69. The van der Waals surface area contributed by atoms with Gasteiger partial charge in [-0.1, -0.05) is 18.2 Å². The van der Waals surface area contributed by atoms with Gasteiger partial charge in [0.25, 0.3) is 0 Å². The van der Waals surface area contributed by atoms with Crippen LogP contribution in [0.3, 0.4) is 0 Å². The normalized spacial score (nSPS) is 12.1. The highest BCUT2D eigenvalue weighted by molar-refractivity contribution is 6.30. The summed E-state index contributed by atoms with van der Waals surface area (Å²) in [5.41, 5.74) is -0.712. The predicted octanol–water partition coefficient (Wildman–Crippen LogP) is 4.95. The molecule has 0 aliphatic heterocycles. The minimum absolute atomic E-state index is 0.00150. The molecule has 1 atom stereocenters. The van der Waals surface area contributed by atoms with E-state index in [1.165, 1.54) is 18.2 Å². The molecule has 0 saturated heterocycles. The zero-order valence-electron chi connectivity index (χ0n) is 18.9. The van der Waals surface area contributed by atoms with Crippen molar-refractivity contribution < 1.29 is 38.1 Å². The standard InChI is InChI=1S/C23H29ClO8/c1-7-28-19(25)10-9-13-30-18-12-11-16(24)14-17(18)20(15(3)21(26)29-8-2)31-22(27)32-23(4,5)6/h9-12,14,20H,3,7-8,13H2,1-2,4-6H3/b10-9+. The quantitative estimate of drug-likeness (QED) is 0.270. The first kappa shape index (κ1) is 27.0. The van der Waals surface area contributed by atoms with Gasteiger partial charge in [0.2, 0.25) is 0 Å². The van der Waals surface area contributed by atoms with E-state index in [-0.39, 0.29) is 36.7 Å². The molecule has 8 nitrogen and oxygen atoms in total. The molecule has 0 N–H and O–H groups in total. The molecule has 0 fully saturated rings. The summed E-state index contributed by atoms with van der Waals surface area (Å²) in [7, 11) is 0. The van der Waals surface area contributed by atoms with Crippen molar-refractivity contribution in [2.24, 2.45) is 0 Å². The maximum atomic E-state index is 12.3. The van der Waals surface area contributed by atoms with E-state index in [9.17, 15) is 14.4 Å². The van der Waals surface area contributed by atoms with Crippen molar-refractivity contribution in [1.29, 1.82) is 0 Å². The van der Waals surface area contributed by atoms with Gasteiger partial charge in [-0.05, 0) is 58.9 Å². The van der Waals surface area contributed by atoms with Crippen molar-refractivity contribution in [2.45, 2.75) is 46.3 Å². The Balaban J connectivity index is 3.22. The Bertz CT molecular complexity index is 854. The number of hydrogen-bond donors (Lipinski definition) is 0. The fourth-order valence-corrected chi connectivity index (χ4v) is 2.53. The maximum Gasteiger partial charge on any atom is 0.509 e. The number of ether oxygens (including phenoxy) is 5. The number of benzene rings is 1. The van der Waals surface area contributed by atoms with Crippen LogP contribution in [0, 0.1) is 0 Å². The second-order valence-corrected chi connectivity index (χ2v) is 7.79. The first-order chi connectivity index (χ1) is 15.0. The summed E-state index contributed by atoms with van der Waals surface area (Å²) in [6.45, 7) is 12.4. The summed E-state index contributed by atoms with van der Waals surface area (Å²) < 4.78 is 26.1. The van der Waals surface area contributed by atoms with Crippen LogP contribution in [0.5, 0.6) is 5.75 Å². The van der Waals surface area contributed by atoms with Gasteiger partial charge in [-0.3, -0.25) is 0 Å². The van der Waals surface area contributed by atoms with E-state index in [0.29, 0.717) is 5.02 Å². The largest absolute Gasteiger partial charge is 0.509 e. The smallest absolute Gasteiger partial charge is 0.489 e. The minimum atomic E-state index is -1.29. The topological polar surface area (TPSA) is 97.4 Å². The zero-order chi connectivity index (χ0) is 24.3. The van der Waals surface area contributed by atoms with Crippen molar-refractivity contribution in [1.82, 2.24) is 0 Å². The van der Waals surface area contributed by atoms with Crippen LogP contribution in [0.15, 0.2) is 42.5 Å². The molecular formula is C23H29ClO8. The monoisotopic (exact) mass is 468 g/mol. The van der Waals surface area contributed by atoms with Crippen LogP contribution in [0.2, 0.25) is 5.02 Å². The van der Waals surface area contributed by atoms with Gasteiger partial charge in [0.15, 0.2) is 6.10 Å². The molecular weight excluding hydrogens is 440 g/mol. The summed E-state index contributed by atoms with van der Waals surface area (Å²) in [6.07, 6.45) is 0.388. The third kappa shape index (κ3) is 9.43. The van der Waals surface area contributed by atoms with Gasteiger partial charge in [-0.15, -0.1) is 0 Å². The number of hydrogen-bond acceptors (Lipinski definition) is 8. The van der Waals surface area contributed by atoms with E-state index >= 15 is 0 Å². The maximum absolute atomic E-state index is 12.3. The van der Waals surface area contributed by atoms with Crippen LogP contribution in [-0.4, -0.2) is 43.5 Å². The number of halogens is 1. The van der Waals surface area contributed by atoms with Crippen molar-refractivity contribution in [3.05, 3.63) is 53.1 Å². The van der Waals surface area contributed by atoms with Crippen molar-refractivity contribution in [3.63, 3.8) is 0 Å². The fraction of sp³-hybridized carbons (Fsp3) is 0.435. The van der Waals surface area contributed by atoms with Crippen molar-refractivity contribution in [2.75, 3.05) is 19.8 Å². The SMILES string of the molecule is C=C(C(=O)OCC)C(OC(=O)OC(C)(C)C)c1cc(Cl)ccc1OC/C=C/C(=O)OCC. The van der Waals surface area contributed by atoms with Gasteiger partial charge in [0.1, 0.15) is 18.0 Å². The predicted molar refractivity (Wildman–Crippen MR) is 119 cm³/mol. The van der Waals surface area contributed by atoms with E-state index in [2.05, 4.69) is 6.58 Å². The van der Waals surface area contributed by atoms with Gasteiger partial charge >= 0.3 is 18.1 Å². The number of rotatable bonds is 10. The van der Waals surface area contributed by atoms with Gasteiger partial charge in [0, 0.05) is 16.7 Å². The van der Waals surface area contributed by atoms with Gasteiger partial charge in [0.05, 0.1) is 18.8 Å². The summed E-state index contributed by atoms with van der Waals surface area (Å²) in [6, 6.07) is 4.58. The van der Waals surface area contributed by atoms with E-state index in [1.54, 1.807) is 46.8 Å². The molecule has 0 bridgehead atoms. The van der Waals surface area contributed by atoms with Gasteiger partial charge in [-0.25, -0.2) is 14.4 Å². The summed E-state index contributed by atoms with van der Waals surface area (Å²) in [4.78, 5) is 36.1. The Kier molecular flexibility index (Phi) is 10.8. The molecule has 0 aliphatic rings. The summed E-state index contributed by atoms with van der Waals surface area (Å²) in [5, 5.41) is 0.309. The van der Waals surface area contributed by atoms with E-state index in [0.717, 1.165) is 0 Å². The molecule has 1 unspecified atom stereocenters. The molecule has 0 heterocycles. The van der Waals surface area contributed by atoms with Crippen LogP contribution in [0.4, 0.5) is 4.79 Å². The van der Waals surface area contributed by atoms with E-state index < -0.39 is 29.8 Å². The molecule has 0 amide bonds. The van der Waals surface area contributed by atoms with Gasteiger partial charge in [-0.2, -0.15) is 0 Å². The van der Waals surface area contributed by atoms with Crippen LogP contribution in [0.1, 0.15) is 46.3 Å². The Hall–Kier alpha value is -3.00. The minimum Gasteiger partial charge on any atom is -0.489 e. The Morgan fingerprint density at radius 2 is 1.78 bits per heavy atom. The molecule has 0 aliphatic carbocycles. The lowest BCUT2D eigenvalue weighted by Crippen LogP contribution is -2.27. The van der Waals surface area contributed by atoms with E-state index in [1.807, 2.05) is 0 Å². The molecule has 0 saturated carbocycles. The molecule has 0 spiro atoms. The molecule has 9 heteroatoms. The number of carbonyl (C=O) groups is 3. The van der Waals surface area contributed by atoms with Crippen LogP contribution >= 0.6 is 11.6 Å².